The second-order valence-electron chi connectivity index (χ2n) is 6.05. The van der Waals surface area contributed by atoms with Crippen LogP contribution in [0.1, 0.15) is 16.8 Å². The number of hydrogen-bond donors (Lipinski definition) is 0. The molecule has 5 heteroatoms. The van der Waals surface area contributed by atoms with E-state index in [9.17, 15) is 9.59 Å². The highest BCUT2D eigenvalue weighted by atomic mass is 16.5. The van der Waals surface area contributed by atoms with Crippen molar-refractivity contribution in [1.29, 1.82) is 0 Å². The number of carbonyl (C=O) groups is 2. The Morgan fingerprint density at radius 2 is 1.52 bits per heavy atom. The number of rotatable bonds is 2. The zero-order valence-electron chi connectivity index (χ0n) is 14.4. The lowest BCUT2D eigenvalue weighted by molar-refractivity contribution is 0.0757. The van der Waals surface area contributed by atoms with Crippen LogP contribution < -0.4 is 0 Å². The Labute approximate surface area is 147 Å². The number of methoxy groups -OCH3 is 1. The van der Waals surface area contributed by atoms with E-state index >= 15 is 0 Å². The van der Waals surface area contributed by atoms with Gasteiger partial charge in [-0.2, -0.15) is 0 Å². The van der Waals surface area contributed by atoms with Gasteiger partial charge in [0.2, 0.25) is 0 Å². The molecule has 1 aliphatic heterocycles. The van der Waals surface area contributed by atoms with E-state index in [1.54, 1.807) is 4.90 Å². The zero-order valence-corrected chi connectivity index (χ0v) is 14.4. The number of carbonyl (C=O) groups excluding carboxylic acids is 2. The summed E-state index contributed by atoms with van der Waals surface area (Å²) in [5.41, 5.74) is 2.79. The molecule has 0 N–H and O–H groups in total. The summed E-state index contributed by atoms with van der Waals surface area (Å²) in [6.07, 6.45) is 0.416. The van der Waals surface area contributed by atoms with Crippen molar-refractivity contribution in [1.82, 2.24) is 9.80 Å². The third-order valence-electron chi connectivity index (χ3n) is 4.43. The first-order valence-corrected chi connectivity index (χ1v) is 8.46. The van der Waals surface area contributed by atoms with Crippen molar-refractivity contribution in [2.24, 2.45) is 0 Å². The fourth-order valence-electron chi connectivity index (χ4n) is 3.08. The molecule has 2 aromatic rings. The minimum Gasteiger partial charge on any atom is -0.453 e. The van der Waals surface area contributed by atoms with Gasteiger partial charge in [0.05, 0.1) is 7.11 Å². The quantitative estimate of drug-likeness (QED) is 0.844. The summed E-state index contributed by atoms with van der Waals surface area (Å²) in [6.45, 7) is 2.27. The third kappa shape index (κ3) is 3.99. The monoisotopic (exact) mass is 338 g/mol. The lowest BCUT2D eigenvalue weighted by Crippen LogP contribution is -2.37. The van der Waals surface area contributed by atoms with Gasteiger partial charge >= 0.3 is 6.09 Å². The van der Waals surface area contributed by atoms with E-state index in [4.69, 9.17) is 4.74 Å². The highest BCUT2D eigenvalue weighted by Gasteiger charge is 2.23. The first-order valence-electron chi connectivity index (χ1n) is 8.46. The highest BCUT2D eigenvalue weighted by molar-refractivity contribution is 5.95. The Kier molecular flexibility index (Phi) is 5.33. The van der Waals surface area contributed by atoms with Gasteiger partial charge in [0, 0.05) is 31.7 Å². The van der Waals surface area contributed by atoms with E-state index in [-0.39, 0.29) is 12.0 Å². The van der Waals surface area contributed by atoms with Crippen LogP contribution in [-0.4, -0.2) is 55.1 Å². The van der Waals surface area contributed by atoms with Gasteiger partial charge in [0.1, 0.15) is 0 Å². The predicted octanol–water partition coefficient (Wildman–Crippen LogP) is 3.27. The minimum absolute atomic E-state index is 0.00416. The van der Waals surface area contributed by atoms with Crippen LogP contribution in [0.5, 0.6) is 0 Å². The van der Waals surface area contributed by atoms with E-state index in [0.717, 1.165) is 17.5 Å². The number of benzene rings is 2. The van der Waals surface area contributed by atoms with Gasteiger partial charge < -0.3 is 14.5 Å². The molecule has 3 rings (SSSR count). The molecule has 0 radical (unpaired) electrons. The second-order valence-corrected chi connectivity index (χ2v) is 6.05. The lowest BCUT2D eigenvalue weighted by atomic mass is 10.0. The summed E-state index contributed by atoms with van der Waals surface area (Å²) < 4.78 is 4.77. The Balaban J connectivity index is 1.74. The number of amides is 2. The van der Waals surface area contributed by atoms with E-state index in [0.29, 0.717) is 31.7 Å². The van der Waals surface area contributed by atoms with Crippen molar-refractivity contribution < 1.29 is 14.3 Å². The van der Waals surface area contributed by atoms with Crippen LogP contribution in [0.3, 0.4) is 0 Å². The maximum Gasteiger partial charge on any atom is 0.409 e. The SMILES string of the molecule is COC(=O)N1CCCN(C(=O)c2cccc(-c3ccccc3)c2)CC1. The van der Waals surface area contributed by atoms with E-state index in [1.165, 1.54) is 7.11 Å². The van der Waals surface area contributed by atoms with Crippen molar-refractivity contribution in [2.75, 3.05) is 33.3 Å². The van der Waals surface area contributed by atoms with Gasteiger partial charge in [-0.15, -0.1) is 0 Å². The van der Waals surface area contributed by atoms with Gasteiger partial charge in [-0.3, -0.25) is 4.79 Å². The largest absolute Gasteiger partial charge is 0.453 e. The molecule has 1 heterocycles. The molecule has 25 heavy (non-hydrogen) atoms. The molecule has 0 aliphatic carbocycles. The van der Waals surface area contributed by atoms with E-state index < -0.39 is 0 Å². The summed E-state index contributed by atoms with van der Waals surface area (Å²) in [4.78, 5) is 28.0. The van der Waals surface area contributed by atoms with Crippen LogP contribution in [0.25, 0.3) is 11.1 Å². The average molecular weight is 338 g/mol. The standard InChI is InChI=1S/C20H22N2O3/c1-25-20(24)22-12-6-11-21(13-14-22)19(23)18-10-5-9-17(15-18)16-7-3-2-4-8-16/h2-5,7-10,15H,6,11-14H2,1H3. The van der Waals surface area contributed by atoms with Crippen molar-refractivity contribution >= 4 is 12.0 Å². The number of ether oxygens (including phenoxy) is 1. The van der Waals surface area contributed by atoms with Gasteiger partial charge in [0.15, 0.2) is 0 Å². The first-order chi connectivity index (χ1) is 12.2. The van der Waals surface area contributed by atoms with Gasteiger partial charge in [-0.05, 0) is 29.7 Å². The fraction of sp³-hybridized carbons (Fsp3) is 0.300. The maximum absolute atomic E-state index is 12.9. The Bertz CT molecular complexity index is 746. The molecule has 130 valence electrons. The number of hydrogen-bond acceptors (Lipinski definition) is 3. The molecule has 0 aromatic heterocycles. The van der Waals surface area contributed by atoms with Gasteiger partial charge in [-0.25, -0.2) is 4.79 Å². The topological polar surface area (TPSA) is 49.9 Å². The summed E-state index contributed by atoms with van der Waals surface area (Å²) >= 11 is 0. The van der Waals surface area contributed by atoms with E-state index in [2.05, 4.69) is 0 Å². The molecule has 0 bridgehead atoms. The molecule has 0 saturated carbocycles. The van der Waals surface area contributed by atoms with Crippen LogP contribution in [0.4, 0.5) is 4.79 Å². The van der Waals surface area contributed by atoms with Crippen molar-refractivity contribution in [3.63, 3.8) is 0 Å². The van der Waals surface area contributed by atoms with Crippen molar-refractivity contribution in [3.8, 4) is 11.1 Å². The Morgan fingerprint density at radius 3 is 2.28 bits per heavy atom. The Morgan fingerprint density at radius 1 is 0.840 bits per heavy atom. The van der Waals surface area contributed by atoms with Crippen LogP contribution in [0, 0.1) is 0 Å². The fourth-order valence-corrected chi connectivity index (χ4v) is 3.08. The van der Waals surface area contributed by atoms with Crippen molar-refractivity contribution in [3.05, 3.63) is 60.2 Å². The first kappa shape index (κ1) is 17.0. The van der Waals surface area contributed by atoms with Gasteiger partial charge in [0.25, 0.3) is 5.91 Å². The van der Waals surface area contributed by atoms with Crippen LogP contribution >= 0.6 is 0 Å². The molecule has 1 aliphatic rings. The smallest absolute Gasteiger partial charge is 0.409 e. The molecule has 0 unspecified atom stereocenters. The van der Waals surface area contributed by atoms with Crippen LogP contribution in [0.2, 0.25) is 0 Å². The van der Waals surface area contributed by atoms with Crippen molar-refractivity contribution in [2.45, 2.75) is 6.42 Å². The average Bonchev–Trinajstić information content (AvgIpc) is 2.94. The third-order valence-corrected chi connectivity index (χ3v) is 4.43. The molecule has 0 spiro atoms. The molecule has 0 atom stereocenters. The van der Waals surface area contributed by atoms with Gasteiger partial charge in [-0.1, -0.05) is 42.5 Å². The number of nitrogens with zero attached hydrogens (tertiary/aromatic N) is 2. The minimum atomic E-state index is -0.333. The summed E-state index contributed by atoms with van der Waals surface area (Å²) in [7, 11) is 1.38. The zero-order chi connectivity index (χ0) is 17.6. The second kappa shape index (κ2) is 7.83. The maximum atomic E-state index is 12.9. The molecule has 1 saturated heterocycles. The molecule has 1 fully saturated rings. The molecule has 5 nitrogen and oxygen atoms in total. The highest BCUT2D eigenvalue weighted by Crippen LogP contribution is 2.21. The normalized spacial score (nSPS) is 14.8. The summed E-state index contributed by atoms with van der Waals surface area (Å²) in [5, 5.41) is 0. The lowest BCUT2D eigenvalue weighted by Gasteiger charge is -2.21. The molecular weight excluding hydrogens is 316 g/mol. The van der Waals surface area contributed by atoms with Crippen LogP contribution in [-0.2, 0) is 4.74 Å². The molecule has 2 amide bonds. The predicted molar refractivity (Wildman–Crippen MR) is 96.4 cm³/mol. The van der Waals surface area contributed by atoms with E-state index in [1.807, 2.05) is 59.5 Å². The summed E-state index contributed by atoms with van der Waals surface area (Å²) in [6, 6.07) is 17.7. The Hall–Kier alpha value is -2.82. The molecular formula is C20H22N2O3. The van der Waals surface area contributed by atoms with Crippen LogP contribution in [0.15, 0.2) is 54.6 Å². The molecule has 2 aromatic carbocycles. The summed E-state index contributed by atoms with van der Waals surface area (Å²) in [5.74, 6) is 0.00416.